The van der Waals surface area contributed by atoms with Crippen molar-refractivity contribution in [2.24, 2.45) is 0 Å². The minimum Gasteiger partial charge on any atom is -0.381 e. The molecule has 1 heterocycles. The van der Waals surface area contributed by atoms with E-state index in [4.69, 9.17) is 0 Å². The third-order valence-electron chi connectivity index (χ3n) is 4.60. The SMILES string of the molecule is CCN(Cc1ccccc1)C(=O)c1cncc(NC2CCCC2)c1. The van der Waals surface area contributed by atoms with Gasteiger partial charge in [-0.05, 0) is 31.4 Å². The number of carbonyl (C=O) groups excluding carboxylic acids is 1. The molecular weight excluding hydrogens is 298 g/mol. The maximum absolute atomic E-state index is 12.8. The highest BCUT2D eigenvalue weighted by atomic mass is 16.2. The van der Waals surface area contributed by atoms with E-state index in [-0.39, 0.29) is 5.91 Å². The average molecular weight is 323 g/mol. The molecule has 1 aromatic carbocycles. The van der Waals surface area contributed by atoms with Gasteiger partial charge >= 0.3 is 0 Å². The van der Waals surface area contributed by atoms with E-state index >= 15 is 0 Å². The molecule has 0 unspecified atom stereocenters. The fourth-order valence-electron chi connectivity index (χ4n) is 3.26. The molecule has 1 aromatic heterocycles. The number of hydrogen-bond donors (Lipinski definition) is 1. The van der Waals surface area contributed by atoms with Crippen molar-refractivity contribution >= 4 is 11.6 Å². The van der Waals surface area contributed by atoms with Crippen LogP contribution in [0.25, 0.3) is 0 Å². The van der Waals surface area contributed by atoms with Crippen LogP contribution in [0.5, 0.6) is 0 Å². The van der Waals surface area contributed by atoms with E-state index in [0.29, 0.717) is 24.7 Å². The summed E-state index contributed by atoms with van der Waals surface area (Å²) in [6.07, 6.45) is 8.44. The Hall–Kier alpha value is -2.36. The van der Waals surface area contributed by atoms with Crippen LogP contribution < -0.4 is 5.32 Å². The first-order valence-electron chi connectivity index (χ1n) is 8.81. The minimum absolute atomic E-state index is 0.0314. The number of rotatable bonds is 6. The second-order valence-corrected chi connectivity index (χ2v) is 6.39. The Kier molecular flexibility index (Phi) is 5.47. The Labute approximate surface area is 143 Å². The first kappa shape index (κ1) is 16.5. The molecule has 1 N–H and O–H groups in total. The van der Waals surface area contributed by atoms with Crippen molar-refractivity contribution in [2.75, 3.05) is 11.9 Å². The van der Waals surface area contributed by atoms with Gasteiger partial charge in [0.25, 0.3) is 5.91 Å². The summed E-state index contributed by atoms with van der Waals surface area (Å²) in [5.74, 6) is 0.0314. The quantitative estimate of drug-likeness (QED) is 0.870. The Morgan fingerprint density at radius 2 is 1.96 bits per heavy atom. The van der Waals surface area contributed by atoms with Gasteiger partial charge in [0, 0.05) is 31.5 Å². The summed E-state index contributed by atoms with van der Waals surface area (Å²) in [4.78, 5) is 18.9. The molecule has 0 spiro atoms. The van der Waals surface area contributed by atoms with Gasteiger partial charge in [0.15, 0.2) is 0 Å². The zero-order valence-electron chi connectivity index (χ0n) is 14.2. The molecule has 1 amide bonds. The van der Waals surface area contributed by atoms with Gasteiger partial charge in [-0.3, -0.25) is 9.78 Å². The minimum atomic E-state index is 0.0314. The van der Waals surface area contributed by atoms with Gasteiger partial charge in [-0.15, -0.1) is 0 Å². The van der Waals surface area contributed by atoms with Crippen LogP contribution in [0.2, 0.25) is 0 Å². The van der Waals surface area contributed by atoms with Crippen LogP contribution in [0.3, 0.4) is 0 Å². The number of hydrogen-bond acceptors (Lipinski definition) is 3. The Morgan fingerprint density at radius 3 is 2.67 bits per heavy atom. The summed E-state index contributed by atoms with van der Waals surface area (Å²) in [6.45, 7) is 3.30. The van der Waals surface area contributed by atoms with Gasteiger partial charge in [0.05, 0.1) is 11.3 Å². The van der Waals surface area contributed by atoms with Crippen molar-refractivity contribution in [2.45, 2.75) is 45.2 Å². The molecule has 0 radical (unpaired) electrons. The van der Waals surface area contributed by atoms with Crippen LogP contribution in [-0.4, -0.2) is 28.4 Å². The van der Waals surface area contributed by atoms with Crippen LogP contribution >= 0.6 is 0 Å². The average Bonchev–Trinajstić information content (AvgIpc) is 3.13. The van der Waals surface area contributed by atoms with E-state index < -0.39 is 0 Å². The lowest BCUT2D eigenvalue weighted by Crippen LogP contribution is -2.30. The van der Waals surface area contributed by atoms with Crippen molar-refractivity contribution in [3.05, 3.63) is 59.9 Å². The number of pyridine rings is 1. The van der Waals surface area contributed by atoms with E-state index in [1.54, 1.807) is 6.20 Å². The van der Waals surface area contributed by atoms with Gasteiger partial charge < -0.3 is 10.2 Å². The molecule has 2 aromatic rings. The van der Waals surface area contributed by atoms with E-state index in [1.165, 1.54) is 25.7 Å². The molecule has 1 fully saturated rings. The summed E-state index contributed by atoms with van der Waals surface area (Å²) >= 11 is 0. The smallest absolute Gasteiger partial charge is 0.255 e. The van der Waals surface area contributed by atoms with Gasteiger partial charge in [-0.25, -0.2) is 0 Å². The molecule has 0 atom stereocenters. The second-order valence-electron chi connectivity index (χ2n) is 6.39. The van der Waals surface area contributed by atoms with Crippen molar-refractivity contribution in [3.63, 3.8) is 0 Å². The number of amides is 1. The summed E-state index contributed by atoms with van der Waals surface area (Å²) in [5, 5.41) is 3.51. The number of anilines is 1. The van der Waals surface area contributed by atoms with E-state index in [9.17, 15) is 4.79 Å². The maximum atomic E-state index is 12.8. The summed E-state index contributed by atoms with van der Waals surface area (Å²) in [5.41, 5.74) is 2.74. The highest BCUT2D eigenvalue weighted by Crippen LogP contribution is 2.22. The van der Waals surface area contributed by atoms with E-state index in [1.807, 2.05) is 54.4 Å². The van der Waals surface area contributed by atoms with Crippen LogP contribution in [0, 0.1) is 0 Å². The molecule has 4 heteroatoms. The summed E-state index contributed by atoms with van der Waals surface area (Å²) < 4.78 is 0. The van der Waals surface area contributed by atoms with Crippen LogP contribution in [0.4, 0.5) is 5.69 Å². The first-order valence-corrected chi connectivity index (χ1v) is 8.81. The molecule has 1 aliphatic rings. The lowest BCUT2D eigenvalue weighted by molar-refractivity contribution is 0.0752. The Morgan fingerprint density at radius 1 is 1.21 bits per heavy atom. The topological polar surface area (TPSA) is 45.2 Å². The van der Waals surface area contributed by atoms with Gasteiger partial charge in [-0.1, -0.05) is 43.2 Å². The van der Waals surface area contributed by atoms with E-state index in [0.717, 1.165) is 11.3 Å². The van der Waals surface area contributed by atoms with Gasteiger partial charge in [0.1, 0.15) is 0 Å². The Balaban J connectivity index is 1.70. The lowest BCUT2D eigenvalue weighted by atomic mass is 10.1. The number of nitrogens with zero attached hydrogens (tertiary/aromatic N) is 2. The van der Waals surface area contributed by atoms with Crippen molar-refractivity contribution in [1.29, 1.82) is 0 Å². The summed E-state index contributed by atoms with van der Waals surface area (Å²) in [7, 11) is 0. The second kappa shape index (κ2) is 7.95. The maximum Gasteiger partial charge on any atom is 0.255 e. The summed E-state index contributed by atoms with van der Waals surface area (Å²) in [6, 6.07) is 12.5. The number of nitrogens with one attached hydrogen (secondary N) is 1. The highest BCUT2D eigenvalue weighted by molar-refractivity contribution is 5.94. The molecule has 24 heavy (non-hydrogen) atoms. The normalized spacial score (nSPS) is 14.5. The Bertz CT molecular complexity index is 666. The molecule has 3 rings (SSSR count). The van der Waals surface area contributed by atoms with Crippen molar-refractivity contribution in [1.82, 2.24) is 9.88 Å². The van der Waals surface area contributed by atoms with Gasteiger partial charge in [-0.2, -0.15) is 0 Å². The molecule has 1 aliphatic carbocycles. The predicted octanol–water partition coefficient (Wildman–Crippen LogP) is 4.10. The molecule has 126 valence electrons. The molecule has 0 aliphatic heterocycles. The van der Waals surface area contributed by atoms with Crippen LogP contribution in [-0.2, 0) is 6.54 Å². The van der Waals surface area contributed by atoms with Gasteiger partial charge in [0.2, 0.25) is 0 Å². The van der Waals surface area contributed by atoms with E-state index in [2.05, 4.69) is 10.3 Å². The van der Waals surface area contributed by atoms with Crippen molar-refractivity contribution in [3.8, 4) is 0 Å². The monoisotopic (exact) mass is 323 g/mol. The fourth-order valence-corrected chi connectivity index (χ4v) is 3.26. The standard InChI is InChI=1S/C20H25N3O/c1-2-23(15-16-8-4-3-5-9-16)20(24)17-12-19(14-21-13-17)22-18-10-6-7-11-18/h3-5,8-9,12-14,18,22H,2,6-7,10-11,15H2,1H3. The first-order chi connectivity index (χ1) is 11.8. The van der Waals surface area contributed by atoms with Crippen LogP contribution in [0.1, 0.15) is 48.5 Å². The number of benzene rings is 1. The lowest BCUT2D eigenvalue weighted by Gasteiger charge is -2.21. The molecule has 1 saturated carbocycles. The molecular formula is C20H25N3O. The third kappa shape index (κ3) is 4.13. The molecule has 0 saturated heterocycles. The fraction of sp³-hybridized carbons (Fsp3) is 0.400. The van der Waals surface area contributed by atoms with Crippen molar-refractivity contribution < 1.29 is 4.79 Å². The zero-order chi connectivity index (χ0) is 16.8. The zero-order valence-corrected chi connectivity index (χ0v) is 14.2. The third-order valence-corrected chi connectivity index (χ3v) is 4.60. The predicted molar refractivity (Wildman–Crippen MR) is 97.0 cm³/mol. The number of aromatic nitrogens is 1. The molecule has 0 bridgehead atoms. The number of carbonyl (C=O) groups is 1. The van der Waals surface area contributed by atoms with Crippen LogP contribution in [0.15, 0.2) is 48.8 Å². The largest absolute Gasteiger partial charge is 0.381 e. The molecule has 4 nitrogen and oxygen atoms in total. The highest BCUT2D eigenvalue weighted by Gasteiger charge is 2.18.